The molecule has 0 saturated carbocycles. The van der Waals surface area contributed by atoms with E-state index in [1.807, 2.05) is 0 Å². The molecule has 21 heavy (non-hydrogen) atoms. The van der Waals surface area contributed by atoms with Crippen LogP contribution in [0.15, 0.2) is 12.1 Å². The van der Waals surface area contributed by atoms with Crippen LogP contribution in [-0.4, -0.2) is 31.1 Å². The lowest BCUT2D eigenvalue weighted by Crippen LogP contribution is -2.42. The Bertz CT molecular complexity index is 514. The molecule has 2 bridgehead atoms. The molecule has 2 aliphatic rings. The van der Waals surface area contributed by atoms with Gasteiger partial charge in [0.05, 0.1) is 7.11 Å². The average molecular weight is 288 g/mol. The smallest absolute Gasteiger partial charge is 0.126 e. The molecule has 3 heteroatoms. The van der Waals surface area contributed by atoms with Gasteiger partial charge in [-0.3, -0.25) is 0 Å². The van der Waals surface area contributed by atoms with Gasteiger partial charge in [-0.2, -0.15) is 0 Å². The van der Waals surface area contributed by atoms with Gasteiger partial charge in [-0.15, -0.1) is 0 Å². The van der Waals surface area contributed by atoms with Gasteiger partial charge in [0.1, 0.15) is 5.75 Å². The summed E-state index contributed by atoms with van der Waals surface area (Å²) in [6, 6.07) is 5.91. The van der Waals surface area contributed by atoms with Gasteiger partial charge in [0.15, 0.2) is 0 Å². The number of benzene rings is 1. The summed E-state index contributed by atoms with van der Waals surface area (Å²) < 4.78 is 5.67. The minimum Gasteiger partial charge on any atom is -0.496 e. The summed E-state index contributed by atoms with van der Waals surface area (Å²) in [5, 5.41) is 0. The maximum Gasteiger partial charge on any atom is 0.126 e. The molecule has 3 atom stereocenters. The standard InChI is InChI=1S/C18H28N2O/c1-11-5-8-16(18(21-4)12(11)2)17(19)13-9-14-6-7-15(10-13)20(14)3/h5,8,13-15,17H,6-7,9-10,19H2,1-4H3. The van der Waals surface area contributed by atoms with E-state index in [1.54, 1.807) is 7.11 Å². The Balaban J connectivity index is 1.86. The van der Waals surface area contributed by atoms with Gasteiger partial charge in [0.2, 0.25) is 0 Å². The number of rotatable bonds is 3. The molecular weight excluding hydrogens is 260 g/mol. The Morgan fingerprint density at radius 2 is 1.81 bits per heavy atom. The summed E-state index contributed by atoms with van der Waals surface area (Å²) >= 11 is 0. The molecule has 116 valence electrons. The molecule has 0 amide bonds. The number of hydrogen-bond donors (Lipinski definition) is 1. The van der Waals surface area contributed by atoms with Crippen molar-refractivity contribution in [1.82, 2.24) is 4.90 Å². The third-order valence-corrected chi connectivity index (χ3v) is 5.91. The Labute approximate surface area is 128 Å². The van der Waals surface area contributed by atoms with Crippen molar-refractivity contribution in [3.63, 3.8) is 0 Å². The van der Waals surface area contributed by atoms with Crippen molar-refractivity contribution >= 4 is 0 Å². The Hall–Kier alpha value is -1.06. The summed E-state index contributed by atoms with van der Waals surface area (Å²) in [5.74, 6) is 1.57. The van der Waals surface area contributed by atoms with Crippen LogP contribution in [0.3, 0.4) is 0 Å². The number of methoxy groups -OCH3 is 1. The van der Waals surface area contributed by atoms with Crippen LogP contribution in [0.1, 0.15) is 48.4 Å². The molecule has 2 saturated heterocycles. The third kappa shape index (κ3) is 2.47. The van der Waals surface area contributed by atoms with Gasteiger partial charge in [-0.05, 0) is 63.6 Å². The molecule has 2 N–H and O–H groups in total. The predicted octanol–water partition coefficient (Wildman–Crippen LogP) is 3.18. The van der Waals surface area contributed by atoms with Crippen molar-refractivity contribution in [3.8, 4) is 5.75 Å². The second-order valence-electron chi connectivity index (χ2n) is 6.94. The lowest BCUT2D eigenvalue weighted by atomic mass is 9.81. The van der Waals surface area contributed by atoms with Gasteiger partial charge >= 0.3 is 0 Å². The molecule has 0 aliphatic carbocycles. The molecule has 2 aliphatic heterocycles. The minimum absolute atomic E-state index is 0.0936. The van der Waals surface area contributed by atoms with Gasteiger partial charge in [-0.25, -0.2) is 0 Å². The fourth-order valence-corrected chi connectivity index (χ4v) is 4.35. The zero-order valence-electron chi connectivity index (χ0n) is 13.7. The molecule has 1 aromatic rings. The number of piperidine rings is 1. The quantitative estimate of drug-likeness (QED) is 0.928. The molecule has 0 radical (unpaired) electrons. The molecule has 0 aromatic heterocycles. The highest BCUT2D eigenvalue weighted by Gasteiger charge is 2.41. The van der Waals surface area contributed by atoms with Crippen LogP contribution < -0.4 is 10.5 Å². The normalized spacial score (nSPS) is 30.4. The van der Waals surface area contributed by atoms with Crippen LogP contribution in [0, 0.1) is 19.8 Å². The molecular formula is C18H28N2O. The van der Waals surface area contributed by atoms with Crippen molar-refractivity contribution in [2.24, 2.45) is 11.7 Å². The molecule has 2 heterocycles. The minimum atomic E-state index is 0.0936. The van der Waals surface area contributed by atoms with Crippen molar-refractivity contribution in [1.29, 1.82) is 0 Å². The second kappa shape index (κ2) is 5.62. The first-order valence-electron chi connectivity index (χ1n) is 8.14. The highest BCUT2D eigenvalue weighted by molar-refractivity contribution is 5.47. The first-order valence-corrected chi connectivity index (χ1v) is 8.14. The van der Waals surface area contributed by atoms with Gasteiger partial charge in [-0.1, -0.05) is 12.1 Å². The van der Waals surface area contributed by atoms with E-state index in [9.17, 15) is 0 Å². The molecule has 3 rings (SSSR count). The number of fused-ring (bicyclic) bond motifs is 2. The van der Waals surface area contributed by atoms with E-state index in [-0.39, 0.29) is 6.04 Å². The van der Waals surface area contributed by atoms with E-state index < -0.39 is 0 Å². The molecule has 1 aromatic carbocycles. The number of aryl methyl sites for hydroxylation is 1. The van der Waals surface area contributed by atoms with Crippen LogP contribution in [-0.2, 0) is 0 Å². The molecule has 0 spiro atoms. The average Bonchev–Trinajstić information content (AvgIpc) is 2.70. The first kappa shape index (κ1) is 14.9. The predicted molar refractivity (Wildman–Crippen MR) is 86.7 cm³/mol. The Kier molecular flexibility index (Phi) is 3.98. The third-order valence-electron chi connectivity index (χ3n) is 5.91. The zero-order chi connectivity index (χ0) is 15.1. The zero-order valence-corrected chi connectivity index (χ0v) is 13.7. The first-order chi connectivity index (χ1) is 10.0. The van der Waals surface area contributed by atoms with Crippen LogP contribution in [0.25, 0.3) is 0 Å². The summed E-state index contributed by atoms with van der Waals surface area (Å²) in [6.07, 6.45) is 5.14. The number of ether oxygens (including phenoxy) is 1. The fraction of sp³-hybridized carbons (Fsp3) is 0.667. The van der Waals surface area contributed by atoms with Crippen molar-refractivity contribution < 1.29 is 4.74 Å². The Morgan fingerprint density at radius 1 is 1.19 bits per heavy atom. The summed E-state index contributed by atoms with van der Waals surface area (Å²) in [7, 11) is 4.04. The topological polar surface area (TPSA) is 38.5 Å². The highest BCUT2D eigenvalue weighted by Crippen LogP contribution is 2.43. The van der Waals surface area contributed by atoms with Crippen LogP contribution >= 0.6 is 0 Å². The molecule has 3 nitrogen and oxygen atoms in total. The van der Waals surface area contributed by atoms with E-state index in [1.165, 1.54) is 42.4 Å². The monoisotopic (exact) mass is 288 g/mol. The maximum atomic E-state index is 6.66. The largest absolute Gasteiger partial charge is 0.496 e. The number of nitrogens with two attached hydrogens (primary N) is 1. The fourth-order valence-electron chi connectivity index (χ4n) is 4.35. The summed E-state index contributed by atoms with van der Waals surface area (Å²) in [6.45, 7) is 4.26. The number of nitrogens with zero attached hydrogens (tertiary/aromatic N) is 1. The van der Waals surface area contributed by atoms with Crippen molar-refractivity contribution in [3.05, 3.63) is 28.8 Å². The molecule has 2 fully saturated rings. The lowest BCUT2D eigenvalue weighted by Gasteiger charge is -2.39. The summed E-state index contributed by atoms with van der Waals surface area (Å²) in [5.41, 5.74) is 10.3. The van der Waals surface area contributed by atoms with Crippen LogP contribution in [0.2, 0.25) is 0 Å². The number of hydrogen-bond acceptors (Lipinski definition) is 3. The maximum absolute atomic E-state index is 6.66. The molecule has 3 unspecified atom stereocenters. The Morgan fingerprint density at radius 3 is 2.38 bits per heavy atom. The van der Waals surface area contributed by atoms with Gasteiger partial charge < -0.3 is 15.4 Å². The van der Waals surface area contributed by atoms with Crippen LogP contribution in [0.5, 0.6) is 5.75 Å². The van der Waals surface area contributed by atoms with E-state index >= 15 is 0 Å². The SMILES string of the molecule is COc1c(C(N)C2CC3CCC(C2)N3C)ccc(C)c1C. The van der Waals surface area contributed by atoms with E-state index in [2.05, 4.69) is 37.9 Å². The van der Waals surface area contributed by atoms with Crippen LogP contribution in [0.4, 0.5) is 0 Å². The van der Waals surface area contributed by atoms with Crippen molar-refractivity contribution in [2.75, 3.05) is 14.2 Å². The lowest BCUT2D eigenvalue weighted by molar-refractivity contribution is 0.120. The van der Waals surface area contributed by atoms with E-state index in [0.29, 0.717) is 5.92 Å². The van der Waals surface area contributed by atoms with Crippen molar-refractivity contribution in [2.45, 2.75) is 57.7 Å². The second-order valence-corrected chi connectivity index (χ2v) is 6.94. The van der Waals surface area contributed by atoms with Gasteiger partial charge in [0, 0.05) is 23.7 Å². The van der Waals surface area contributed by atoms with Gasteiger partial charge in [0.25, 0.3) is 0 Å². The van der Waals surface area contributed by atoms with E-state index in [0.717, 1.165) is 17.8 Å². The van der Waals surface area contributed by atoms with E-state index in [4.69, 9.17) is 10.5 Å². The summed E-state index contributed by atoms with van der Waals surface area (Å²) in [4.78, 5) is 2.57. The highest BCUT2D eigenvalue weighted by atomic mass is 16.5.